The van der Waals surface area contributed by atoms with Gasteiger partial charge in [0.25, 0.3) is 0 Å². The highest BCUT2D eigenvalue weighted by Gasteiger charge is 2.38. The monoisotopic (exact) mass is 178 g/mol. The van der Waals surface area contributed by atoms with Gasteiger partial charge in [-0.25, -0.2) is 0 Å². The van der Waals surface area contributed by atoms with E-state index in [1.165, 1.54) is 32.1 Å². The first-order valence-corrected chi connectivity index (χ1v) is 5.77. The van der Waals surface area contributed by atoms with E-state index in [-0.39, 0.29) is 0 Å². The molecule has 0 aromatic carbocycles. The number of allylic oxidation sites excluding steroid dienone is 2. The van der Waals surface area contributed by atoms with E-state index in [0.29, 0.717) is 5.41 Å². The van der Waals surface area contributed by atoms with Crippen LogP contribution < -0.4 is 0 Å². The molecule has 0 nitrogen and oxygen atoms in total. The minimum absolute atomic E-state index is 0.611. The first-order chi connectivity index (χ1) is 6.09. The van der Waals surface area contributed by atoms with E-state index in [9.17, 15) is 0 Å². The van der Waals surface area contributed by atoms with Gasteiger partial charge in [-0.3, -0.25) is 0 Å². The molecular weight excluding hydrogens is 156 g/mol. The van der Waals surface area contributed by atoms with E-state index in [1.54, 1.807) is 5.57 Å². The van der Waals surface area contributed by atoms with Crippen LogP contribution in [0.15, 0.2) is 11.6 Å². The molecule has 0 heteroatoms. The molecule has 0 heterocycles. The van der Waals surface area contributed by atoms with Gasteiger partial charge < -0.3 is 0 Å². The zero-order valence-corrected chi connectivity index (χ0v) is 9.27. The maximum Gasteiger partial charge on any atom is -0.0197 e. The Morgan fingerprint density at radius 1 is 1.31 bits per heavy atom. The second kappa shape index (κ2) is 3.15. The molecule has 0 aromatic heterocycles. The summed E-state index contributed by atoms with van der Waals surface area (Å²) in [5, 5.41) is 0. The van der Waals surface area contributed by atoms with Gasteiger partial charge in [-0.15, -0.1) is 0 Å². The minimum Gasteiger partial charge on any atom is -0.0822 e. The van der Waals surface area contributed by atoms with Gasteiger partial charge in [0.05, 0.1) is 0 Å². The fraction of sp³-hybridized carbons (Fsp3) is 0.846. The lowest BCUT2D eigenvalue weighted by Crippen LogP contribution is -2.35. The molecule has 0 spiro atoms. The molecule has 0 amide bonds. The Kier molecular flexibility index (Phi) is 2.25. The number of fused-ring (bicyclic) bond motifs is 1. The first kappa shape index (κ1) is 9.30. The predicted molar refractivity (Wildman–Crippen MR) is 57.6 cm³/mol. The largest absolute Gasteiger partial charge is 0.0822 e. The third-order valence-electron chi connectivity index (χ3n) is 4.23. The third-order valence-corrected chi connectivity index (χ3v) is 4.23. The van der Waals surface area contributed by atoms with Crippen LogP contribution in [0.4, 0.5) is 0 Å². The smallest absolute Gasteiger partial charge is 0.0197 e. The van der Waals surface area contributed by atoms with Crippen LogP contribution in [0.3, 0.4) is 0 Å². The molecule has 0 saturated heterocycles. The molecule has 1 fully saturated rings. The van der Waals surface area contributed by atoms with Crippen molar-refractivity contribution >= 4 is 0 Å². The fourth-order valence-corrected chi connectivity index (χ4v) is 3.40. The summed E-state index contributed by atoms with van der Waals surface area (Å²) in [5.41, 5.74) is 2.25. The Hall–Kier alpha value is -0.260. The molecule has 0 bridgehead atoms. The summed E-state index contributed by atoms with van der Waals surface area (Å²) in [5.74, 6) is 1.89. The van der Waals surface area contributed by atoms with Crippen LogP contribution in [-0.4, -0.2) is 0 Å². The molecule has 2 atom stereocenters. The van der Waals surface area contributed by atoms with Crippen molar-refractivity contribution in [2.45, 2.75) is 52.9 Å². The molecule has 1 saturated carbocycles. The van der Waals surface area contributed by atoms with Crippen LogP contribution in [0.5, 0.6) is 0 Å². The van der Waals surface area contributed by atoms with Crippen LogP contribution in [0, 0.1) is 17.3 Å². The van der Waals surface area contributed by atoms with E-state index in [4.69, 9.17) is 0 Å². The molecule has 2 unspecified atom stereocenters. The predicted octanol–water partition coefficient (Wildman–Crippen LogP) is 4.17. The van der Waals surface area contributed by atoms with Gasteiger partial charge >= 0.3 is 0 Å². The molecule has 74 valence electrons. The van der Waals surface area contributed by atoms with Crippen LogP contribution >= 0.6 is 0 Å². The lowest BCUT2D eigenvalue weighted by molar-refractivity contribution is 0.0842. The van der Waals surface area contributed by atoms with Crippen molar-refractivity contribution in [1.29, 1.82) is 0 Å². The Bertz CT molecular complexity index is 222. The number of hydrogen-bond acceptors (Lipinski definition) is 0. The maximum atomic E-state index is 2.56. The Balaban J connectivity index is 2.19. The Labute approximate surface area is 82.4 Å². The van der Waals surface area contributed by atoms with Gasteiger partial charge in [0, 0.05) is 0 Å². The van der Waals surface area contributed by atoms with Gasteiger partial charge in [-0.1, -0.05) is 31.9 Å². The summed E-state index contributed by atoms with van der Waals surface area (Å²) in [6, 6.07) is 0. The van der Waals surface area contributed by atoms with Gasteiger partial charge in [0.2, 0.25) is 0 Å². The van der Waals surface area contributed by atoms with Gasteiger partial charge in [-0.2, -0.15) is 0 Å². The van der Waals surface area contributed by atoms with Crippen molar-refractivity contribution in [3.63, 3.8) is 0 Å². The Morgan fingerprint density at radius 2 is 2.08 bits per heavy atom. The third kappa shape index (κ3) is 1.68. The van der Waals surface area contributed by atoms with Gasteiger partial charge in [0.15, 0.2) is 0 Å². The second-order valence-electron chi connectivity index (χ2n) is 5.70. The summed E-state index contributed by atoms with van der Waals surface area (Å²) in [6.45, 7) is 7.24. The average Bonchev–Trinajstić information content (AvgIpc) is 2.02. The van der Waals surface area contributed by atoms with E-state index in [0.717, 1.165) is 11.8 Å². The lowest BCUT2D eigenvalue weighted by Gasteiger charge is -2.45. The summed E-state index contributed by atoms with van der Waals surface area (Å²) < 4.78 is 0. The molecule has 0 radical (unpaired) electrons. The lowest BCUT2D eigenvalue weighted by atomic mass is 9.60. The summed E-state index contributed by atoms with van der Waals surface area (Å²) in [7, 11) is 0. The summed E-state index contributed by atoms with van der Waals surface area (Å²) in [6.07, 6.45) is 9.70. The first-order valence-electron chi connectivity index (χ1n) is 5.77. The van der Waals surface area contributed by atoms with Crippen LogP contribution in [0.1, 0.15) is 52.9 Å². The van der Waals surface area contributed by atoms with Crippen molar-refractivity contribution in [2.75, 3.05) is 0 Å². The van der Waals surface area contributed by atoms with Crippen molar-refractivity contribution in [2.24, 2.45) is 17.3 Å². The van der Waals surface area contributed by atoms with Gasteiger partial charge in [-0.05, 0) is 49.9 Å². The maximum absolute atomic E-state index is 2.56. The SMILES string of the molecule is CC1=CC2CCCC(C)(C)C2CC1. The molecule has 2 aliphatic rings. The van der Waals surface area contributed by atoms with Crippen molar-refractivity contribution in [1.82, 2.24) is 0 Å². The van der Waals surface area contributed by atoms with Crippen LogP contribution in [0.25, 0.3) is 0 Å². The summed E-state index contributed by atoms with van der Waals surface area (Å²) in [4.78, 5) is 0. The fourth-order valence-electron chi connectivity index (χ4n) is 3.40. The standard InChI is InChI=1S/C13H22/c1-10-6-7-12-11(9-10)5-4-8-13(12,2)3/h9,11-12H,4-8H2,1-3H3. The topological polar surface area (TPSA) is 0 Å². The highest BCUT2D eigenvalue weighted by Crippen LogP contribution is 2.49. The molecule has 2 aliphatic carbocycles. The van der Waals surface area contributed by atoms with Crippen LogP contribution in [-0.2, 0) is 0 Å². The quantitative estimate of drug-likeness (QED) is 0.488. The van der Waals surface area contributed by atoms with Crippen LogP contribution in [0.2, 0.25) is 0 Å². The van der Waals surface area contributed by atoms with E-state index in [2.05, 4.69) is 26.8 Å². The highest BCUT2D eigenvalue weighted by molar-refractivity contribution is 5.10. The molecule has 0 aromatic rings. The number of rotatable bonds is 0. The Morgan fingerprint density at radius 3 is 2.85 bits per heavy atom. The van der Waals surface area contributed by atoms with Gasteiger partial charge in [0.1, 0.15) is 0 Å². The minimum atomic E-state index is 0.611. The molecule has 13 heavy (non-hydrogen) atoms. The van der Waals surface area contributed by atoms with Crippen molar-refractivity contribution in [3.8, 4) is 0 Å². The van der Waals surface area contributed by atoms with E-state index < -0.39 is 0 Å². The zero-order valence-electron chi connectivity index (χ0n) is 9.27. The average molecular weight is 178 g/mol. The summed E-state index contributed by atoms with van der Waals surface area (Å²) >= 11 is 0. The number of hydrogen-bond donors (Lipinski definition) is 0. The van der Waals surface area contributed by atoms with Crippen molar-refractivity contribution < 1.29 is 0 Å². The van der Waals surface area contributed by atoms with E-state index in [1.807, 2.05) is 0 Å². The molecular formula is C13H22. The molecule has 0 aliphatic heterocycles. The van der Waals surface area contributed by atoms with Crippen molar-refractivity contribution in [3.05, 3.63) is 11.6 Å². The zero-order chi connectivity index (χ0) is 9.47. The second-order valence-corrected chi connectivity index (χ2v) is 5.70. The van der Waals surface area contributed by atoms with E-state index >= 15 is 0 Å². The highest BCUT2D eigenvalue weighted by atomic mass is 14.4. The normalized spacial score (nSPS) is 37.9. The molecule has 2 rings (SSSR count). The molecule has 0 N–H and O–H groups in total.